The third-order valence-electron chi connectivity index (χ3n) is 4.52. The summed E-state index contributed by atoms with van der Waals surface area (Å²) in [6.45, 7) is 4.25. The molecule has 4 nitrogen and oxygen atoms in total. The van der Waals surface area contributed by atoms with Crippen LogP contribution >= 0.6 is 0 Å². The lowest BCUT2D eigenvalue weighted by Crippen LogP contribution is -2.40. The molecule has 0 aromatic heterocycles. The van der Waals surface area contributed by atoms with Crippen LogP contribution in [0.3, 0.4) is 0 Å². The molecular formula is C18H28N2O2. The van der Waals surface area contributed by atoms with E-state index in [4.69, 9.17) is 10.5 Å². The van der Waals surface area contributed by atoms with Gasteiger partial charge < -0.3 is 15.8 Å². The van der Waals surface area contributed by atoms with Gasteiger partial charge in [-0.2, -0.15) is 0 Å². The summed E-state index contributed by atoms with van der Waals surface area (Å²) in [4.78, 5) is 12.6. The highest BCUT2D eigenvalue weighted by Crippen LogP contribution is 2.27. The molecule has 4 heteroatoms. The van der Waals surface area contributed by atoms with E-state index in [1.54, 1.807) is 7.11 Å². The molecule has 1 aliphatic carbocycles. The Morgan fingerprint density at radius 1 is 1.27 bits per heavy atom. The first-order valence-corrected chi connectivity index (χ1v) is 8.21. The summed E-state index contributed by atoms with van der Waals surface area (Å²) in [6, 6.07) is 8.12. The molecule has 122 valence electrons. The minimum Gasteiger partial charge on any atom is -0.497 e. The van der Waals surface area contributed by atoms with Crippen LogP contribution in [0.5, 0.6) is 5.75 Å². The molecule has 3 unspecified atom stereocenters. The Labute approximate surface area is 133 Å². The Hall–Kier alpha value is -1.55. The summed E-state index contributed by atoms with van der Waals surface area (Å²) in [5.74, 6) is 1.36. The maximum Gasteiger partial charge on any atom is 0.223 e. The van der Waals surface area contributed by atoms with Crippen LogP contribution in [0.2, 0.25) is 0 Å². The number of benzene rings is 1. The Morgan fingerprint density at radius 2 is 1.95 bits per heavy atom. The smallest absolute Gasteiger partial charge is 0.223 e. The zero-order valence-corrected chi connectivity index (χ0v) is 13.8. The van der Waals surface area contributed by atoms with Gasteiger partial charge in [0.25, 0.3) is 0 Å². The topological polar surface area (TPSA) is 64.3 Å². The van der Waals surface area contributed by atoms with Gasteiger partial charge in [-0.25, -0.2) is 0 Å². The number of methoxy groups -OCH3 is 1. The second-order valence-corrected chi connectivity index (χ2v) is 6.63. The summed E-state index contributed by atoms with van der Waals surface area (Å²) >= 11 is 0. The molecule has 2 rings (SSSR count). The first-order valence-electron chi connectivity index (χ1n) is 8.21. The lowest BCUT2D eigenvalue weighted by atomic mass is 9.85. The van der Waals surface area contributed by atoms with Crippen molar-refractivity contribution in [2.45, 2.75) is 51.6 Å². The van der Waals surface area contributed by atoms with Gasteiger partial charge in [0, 0.05) is 12.0 Å². The maximum absolute atomic E-state index is 12.6. The predicted octanol–water partition coefficient (Wildman–Crippen LogP) is 3.03. The van der Waals surface area contributed by atoms with E-state index in [1.165, 1.54) is 0 Å². The Kier molecular flexibility index (Phi) is 5.83. The molecule has 0 bridgehead atoms. The van der Waals surface area contributed by atoms with Crippen molar-refractivity contribution in [1.29, 1.82) is 0 Å². The quantitative estimate of drug-likeness (QED) is 0.879. The number of rotatable bonds is 5. The van der Waals surface area contributed by atoms with Crippen molar-refractivity contribution in [2.24, 2.45) is 17.6 Å². The summed E-state index contributed by atoms with van der Waals surface area (Å²) < 4.78 is 5.20. The second-order valence-electron chi connectivity index (χ2n) is 6.63. The molecule has 0 spiro atoms. The molecule has 1 fully saturated rings. The fourth-order valence-electron chi connectivity index (χ4n) is 3.18. The zero-order valence-electron chi connectivity index (χ0n) is 13.8. The Morgan fingerprint density at radius 3 is 2.50 bits per heavy atom. The van der Waals surface area contributed by atoms with Gasteiger partial charge in [-0.3, -0.25) is 4.79 Å². The van der Waals surface area contributed by atoms with E-state index >= 15 is 0 Å². The van der Waals surface area contributed by atoms with Gasteiger partial charge in [0.1, 0.15) is 5.75 Å². The lowest BCUT2D eigenvalue weighted by molar-refractivity contribution is -0.127. The van der Waals surface area contributed by atoms with Crippen molar-refractivity contribution in [3.63, 3.8) is 0 Å². The normalized spacial score (nSPS) is 23.1. The van der Waals surface area contributed by atoms with Gasteiger partial charge in [-0.1, -0.05) is 32.4 Å². The van der Waals surface area contributed by atoms with Gasteiger partial charge >= 0.3 is 0 Å². The number of nitrogens with two attached hydrogens (primary N) is 1. The average Bonchev–Trinajstić information content (AvgIpc) is 2.52. The molecule has 0 aliphatic heterocycles. The van der Waals surface area contributed by atoms with E-state index in [9.17, 15) is 4.79 Å². The fraction of sp³-hybridized carbons (Fsp3) is 0.611. The van der Waals surface area contributed by atoms with E-state index < -0.39 is 0 Å². The van der Waals surface area contributed by atoms with Crippen molar-refractivity contribution in [1.82, 2.24) is 5.32 Å². The van der Waals surface area contributed by atoms with Crippen LogP contribution in [0, 0.1) is 11.8 Å². The number of amides is 1. The van der Waals surface area contributed by atoms with Crippen molar-refractivity contribution in [3.8, 4) is 5.75 Å². The van der Waals surface area contributed by atoms with Crippen LogP contribution < -0.4 is 15.8 Å². The molecule has 1 saturated carbocycles. The molecule has 3 atom stereocenters. The molecule has 1 aromatic carbocycles. The van der Waals surface area contributed by atoms with Crippen LogP contribution in [-0.2, 0) is 4.79 Å². The highest BCUT2D eigenvalue weighted by Gasteiger charge is 2.28. The summed E-state index contributed by atoms with van der Waals surface area (Å²) in [5.41, 5.74) is 7.12. The van der Waals surface area contributed by atoms with Gasteiger partial charge in [0.15, 0.2) is 0 Å². The van der Waals surface area contributed by atoms with Crippen LogP contribution in [-0.4, -0.2) is 19.1 Å². The minimum absolute atomic E-state index is 0.0246. The predicted molar refractivity (Wildman–Crippen MR) is 88.6 cm³/mol. The van der Waals surface area contributed by atoms with Crippen LogP contribution in [0.25, 0.3) is 0 Å². The average molecular weight is 304 g/mol. The van der Waals surface area contributed by atoms with Crippen molar-refractivity contribution in [3.05, 3.63) is 29.8 Å². The van der Waals surface area contributed by atoms with E-state index in [2.05, 4.69) is 19.2 Å². The van der Waals surface area contributed by atoms with Gasteiger partial charge in [0.2, 0.25) is 5.91 Å². The molecular weight excluding hydrogens is 276 g/mol. The standard InChI is InChI=1S/C18H28N2O2/c1-12(2)17(13-7-9-16(22-3)10-8-13)20-18(21)14-5-4-6-15(19)11-14/h7-10,12,14-15,17H,4-6,11,19H2,1-3H3,(H,20,21). The fourth-order valence-corrected chi connectivity index (χ4v) is 3.18. The number of hydrogen-bond donors (Lipinski definition) is 2. The number of hydrogen-bond acceptors (Lipinski definition) is 3. The number of carbonyl (C=O) groups is 1. The molecule has 22 heavy (non-hydrogen) atoms. The summed E-state index contributed by atoms with van der Waals surface area (Å²) in [7, 11) is 1.66. The van der Waals surface area contributed by atoms with Gasteiger partial charge in [0.05, 0.1) is 13.2 Å². The third kappa shape index (κ3) is 4.23. The summed E-state index contributed by atoms with van der Waals surface area (Å²) in [5, 5.41) is 3.23. The highest BCUT2D eigenvalue weighted by molar-refractivity contribution is 5.79. The monoisotopic (exact) mass is 304 g/mol. The number of nitrogens with one attached hydrogen (secondary N) is 1. The molecule has 1 aliphatic rings. The second kappa shape index (κ2) is 7.63. The van der Waals surface area contributed by atoms with E-state index in [1.807, 2.05) is 24.3 Å². The molecule has 1 amide bonds. The molecule has 0 radical (unpaired) electrons. The van der Waals surface area contributed by atoms with Crippen LogP contribution in [0.4, 0.5) is 0 Å². The number of ether oxygens (including phenoxy) is 1. The number of carbonyl (C=O) groups excluding carboxylic acids is 1. The molecule has 0 saturated heterocycles. The van der Waals surface area contributed by atoms with Gasteiger partial charge in [-0.15, -0.1) is 0 Å². The van der Waals surface area contributed by atoms with E-state index in [0.29, 0.717) is 5.92 Å². The largest absolute Gasteiger partial charge is 0.497 e. The van der Waals surface area contributed by atoms with E-state index in [-0.39, 0.29) is 23.9 Å². The Bertz CT molecular complexity index is 484. The maximum atomic E-state index is 12.6. The van der Waals surface area contributed by atoms with E-state index in [0.717, 1.165) is 37.0 Å². The lowest BCUT2D eigenvalue weighted by Gasteiger charge is -2.29. The van der Waals surface area contributed by atoms with Crippen LogP contribution in [0.15, 0.2) is 24.3 Å². The van der Waals surface area contributed by atoms with Crippen LogP contribution in [0.1, 0.15) is 51.1 Å². The highest BCUT2D eigenvalue weighted by atomic mass is 16.5. The molecule has 1 aromatic rings. The molecule has 0 heterocycles. The SMILES string of the molecule is COc1ccc(C(NC(=O)C2CCCC(N)C2)C(C)C)cc1. The Balaban J connectivity index is 2.05. The minimum atomic E-state index is 0.0246. The first kappa shape index (κ1) is 16.8. The first-order chi connectivity index (χ1) is 10.5. The van der Waals surface area contributed by atoms with Crippen molar-refractivity contribution in [2.75, 3.05) is 7.11 Å². The van der Waals surface area contributed by atoms with Crippen molar-refractivity contribution >= 4 is 5.91 Å². The van der Waals surface area contributed by atoms with Crippen molar-refractivity contribution < 1.29 is 9.53 Å². The molecule has 3 N–H and O–H groups in total. The van der Waals surface area contributed by atoms with Gasteiger partial charge in [-0.05, 0) is 42.9 Å². The zero-order chi connectivity index (χ0) is 16.1. The third-order valence-corrected chi connectivity index (χ3v) is 4.52. The summed E-state index contributed by atoms with van der Waals surface area (Å²) in [6.07, 6.45) is 3.84.